The molecule has 0 aliphatic carbocycles. The van der Waals surface area contributed by atoms with Gasteiger partial charge in [-0.05, 0) is 12.5 Å². The number of nitrogens with zero attached hydrogens (tertiary/aromatic N) is 1. The molecule has 1 aromatic heterocycles. The van der Waals surface area contributed by atoms with Crippen molar-refractivity contribution in [3.05, 3.63) is 46.2 Å². The van der Waals surface area contributed by atoms with E-state index in [4.69, 9.17) is 5.73 Å². The van der Waals surface area contributed by atoms with Gasteiger partial charge in [0.15, 0.2) is 0 Å². The van der Waals surface area contributed by atoms with Crippen LogP contribution in [0.3, 0.4) is 0 Å². The molecule has 2 heterocycles. The molecule has 3 N–H and O–H groups in total. The van der Waals surface area contributed by atoms with Crippen LogP contribution in [0.15, 0.2) is 35.1 Å². The first-order valence-electron chi connectivity index (χ1n) is 6.32. The van der Waals surface area contributed by atoms with Crippen molar-refractivity contribution in [1.29, 1.82) is 0 Å². The van der Waals surface area contributed by atoms with Crippen molar-refractivity contribution in [2.75, 3.05) is 13.1 Å². The molecule has 0 spiro atoms. The summed E-state index contributed by atoms with van der Waals surface area (Å²) in [7, 11) is 0. The van der Waals surface area contributed by atoms with E-state index >= 15 is 0 Å². The number of amides is 1. The molecule has 1 atom stereocenters. The van der Waals surface area contributed by atoms with Crippen LogP contribution in [-0.2, 0) is 0 Å². The highest BCUT2D eigenvalue weighted by Crippen LogP contribution is 2.18. The molecular weight excluding hydrogens is 278 g/mol. The van der Waals surface area contributed by atoms with Crippen molar-refractivity contribution >= 4 is 29.2 Å². The van der Waals surface area contributed by atoms with Crippen LogP contribution in [0.25, 0.3) is 10.9 Å². The number of pyridine rings is 1. The highest BCUT2D eigenvalue weighted by atomic mass is 35.5. The molecule has 1 saturated heterocycles. The van der Waals surface area contributed by atoms with Crippen molar-refractivity contribution in [1.82, 2.24) is 9.88 Å². The van der Waals surface area contributed by atoms with Crippen molar-refractivity contribution in [2.24, 2.45) is 5.73 Å². The number of nitrogens with one attached hydrogen (secondary N) is 1. The maximum Gasteiger partial charge on any atom is 0.254 e. The standard InChI is InChI=1S/C14H15N3O2.ClH/c15-9-5-6-17(8-9)14(19)11-7-13(18)16-12-4-2-1-3-10(11)12;/h1-4,7,9H,5-6,8,15H2,(H,16,18);1H/t9-;/m0./s1. The second kappa shape index (κ2) is 5.64. The normalized spacial score (nSPS) is 18.1. The van der Waals surface area contributed by atoms with E-state index in [0.717, 1.165) is 11.8 Å². The zero-order chi connectivity index (χ0) is 13.4. The van der Waals surface area contributed by atoms with E-state index in [-0.39, 0.29) is 29.9 Å². The number of H-pyrrole nitrogens is 1. The van der Waals surface area contributed by atoms with Crippen molar-refractivity contribution in [3.63, 3.8) is 0 Å². The number of carbonyl (C=O) groups is 1. The summed E-state index contributed by atoms with van der Waals surface area (Å²) in [5, 5.41) is 0.771. The van der Waals surface area contributed by atoms with Crippen LogP contribution >= 0.6 is 12.4 Å². The molecule has 1 aliphatic heterocycles. The number of rotatable bonds is 1. The summed E-state index contributed by atoms with van der Waals surface area (Å²) in [6.45, 7) is 1.21. The Morgan fingerprint density at radius 1 is 1.35 bits per heavy atom. The number of para-hydroxylation sites is 1. The van der Waals surface area contributed by atoms with Gasteiger partial charge in [-0.15, -0.1) is 12.4 Å². The van der Waals surface area contributed by atoms with Gasteiger partial charge in [0.2, 0.25) is 5.56 Å². The maximum absolute atomic E-state index is 12.5. The monoisotopic (exact) mass is 293 g/mol. The molecule has 1 fully saturated rings. The quantitative estimate of drug-likeness (QED) is 0.827. The van der Waals surface area contributed by atoms with E-state index < -0.39 is 0 Å². The van der Waals surface area contributed by atoms with Gasteiger partial charge in [0.05, 0.1) is 5.56 Å². The average molecular weight is 294 g/mol. The molecule has 5 nitrogen and oxygen atoms in total. The lowest BCUT2D eigenvalue weighted by Gasteiger charge is -2.16. The molecule has 3 rings (SSSR count). The Bertz CT molecular complexity index is 698. The fraction of sp³-hybridized carbons (Fsp3) is 0.286. The molecule has 2 aromatic rings. The second-order valence-electron chi connectivity index (χ2n) is 4.89. The Labute approximate surface area is 122 Å². The molecule has 1 aliphatic rings. The molecule has 20 heavy (non-hydrogen) atoms. The Kier molecular flexibility index (Phi) is 4.11. The first-order chi connectivity index (χ1) is 9.15. The van der Waals surface area contributed by atoms with Gasteiger partial charge in [0, 0.05) is 36.1 Å². The number of hydrogen-bond acceptors (Lipinski definition) is 3. The van der Waals surface area contributed by atoms with Gasteiger partial charge in [0.25, 0.3) is 5.91 Å². The summed E-state index contributed by atoms with van der Waals surface area (Å²) in [5.74, 6) is -0.116. The van der Waals surface area contributed by atoms with Gasteiger partial charge in [-0.3, -0.25) is 9.59 Å². The number of fused-ring (bicyclic) bond motifs is 1. The summed E-state index contributed by atoms with van der Waals surface area (Å²) >= 11 is 0. The van der Waals surface area contributed by atoms with Crippen LogP contribution in [0, 0.1) is 0 Å². The van der Waals surface area contributed by atoms with Crippen molar-refractivity contribution < 1.29 is 4.79 Å². The van der Waals surface area contributed by atoms with Gasteiger partial charge in [-0.25, -0.2) is 0 Å². The second-order valence-corrected chi connectivity index (χ2v) is 4.89. The lowest BCUT2D eigenvalue weighted by molar-refractivity contribution is 0.0792. The number of carbonyl (C=O) groups excluding carboxylic acids is 1. The number of hydrogen-bond donors (Lipinski definition) is 2. The first kappa shape index (κ1) is 14.6. The molecule has 6 heteroatoms. The number of aromatic nitrogens is 1. The first-order valence-corrected chi connectivity index (χ1v) is 6.32. The average Bonchev–Trinajstić information content (AvgIpc) is 2.83. The summed E-state index contributed by atoms with van der Waals surface area (Å²) in [6, 6.07) is 8.73. The Morgan fingerprint density at radius 2 is 2.10 bits per heavy atom. The third-order valence-electron chi connectivity index (χ3n) is 3.49. The zero-order valence-corrected chi connectivity index (χ0v) is 11.7. The van der Waals surface area contributed by atoms with Gasteiger partial charge in [-0.1, -0.05) is 18.2 Å². The summed E-state index contributed by atoms with van der Waals surface area (Å²) in [5.41, 5.74) is 6.70. The summed E-state index contributed by atoms with van der Waals surface area (Å²) in [4.78, 5) is 28.6. The Hall–Kier alpha value is -1.85. The Balaban J connectivity index is 0.00000147. The number of halogens is 1. The minimum Gasteiger partial charge on any atom is -0.337 e. The van der Waals surface area contributed by atoms with E-state index in [1.54, 1.807) is 11.0 Å². The van der Waals surface area contributed by atoms with Crippen LogP contribution in [0.5, 0.6) is 0 Å². The molecule has 0 bridgehead atoms. The van der Waals surface area contributed by atoms with Crippen LogP contribution < -0.4 is 11.3 Å². The summed E-state index contributed by atoms with van der Waals surface area (Å²) < 4.78 is 0. The highest BCUT2D eigenvalue weighted by Gasteiger charge is 2.25. The lowest BCUT2D eigenvalue weighted by Crippen LogP contribution is -2.32. The number of benzene rings is 1. The molecule has 0 saturated carbocycles. The fourth-order valence-corrected chi connectivity index (χ4v) is 2.52. The maximum atomic E-state index is 12.5. The third kappa shape index (κ3) is 2.55. The third-order valence-corrected chi connectivity index (χ3v) is 3.49. The van der Waals surface area contributed by atoms with Crippen molar-refractivity contribution in [2.45, 2.75) is 12.5 Å². The number of nitrogens with two attached hydrogens (primary N) is 1. The Morgan fingerprint density at radius 3 is 2.80 bits per heavy atom. The topological polar surface area (TPSA) is 79.2 Å². The largest absolute Gasteiger partial charge is 0.337 e. The predicted octanol–water partition coefficient (Wildman–Crippen LogP) is 1.12. The van der Waals surface area contributed by atoms with Crippen LogP contribution in [0.1, 0.15) is 16.8 Å². The van der Waals surface area contributed by atoms with E-state index in [1.165, 1.54) is 6.07 Å². The fourth-order valence-electron chi connectivity index (χ4n) is 2.52. The molecule has 0 unspecified atom stereocenters. The number of aromatic amines is 1. The smallest absolute Gasteiger partial charge is 0.254 e. The molecule has 1 amide bonds. The van der Waals surface area contributed by atoms with Gasteiger partial charge < -0.3 is 15.6 Å². The molecule has 106 valence electrons. The van der Waals surface area contributed by atoms with Crippen molar-refractivity contribution in [3.8, 4) is 0 Å². The minimum absolute atomic E-state index is 0. The minimum atomic E-state index is -0.259. The molecular formula is C14H16ClN3O2. The predicted molar refractivity (Wildman–Crippen MR) is 80.3 cm³/mol. The lowest BCUT2D eigenvalue weighted by atomic mass is 10.1. The van der Waals surface area contributed by atoms with Crippen LogP contribution in [0.2, 0.25) is 0 Å². The zero-order valence-electron chi connectivity index (χ0n) is 10.8. The van der Waals surface area contributed by atoms with Gasteiger partial charge in [-0.2, -0.15) is 0 Å². The van der Waals surface area contributed by atoms with Crippen LogP contribution in [0.4, 0.5) is 0 Å². The molecule has 0 radical (unpaired) electrons. The van der Waals surface area contributed by atoms with Gasteiger partial charge >= 0.3 is 0 Å². The van der Waals surface area contributed by atoms with Crippen LogP contribution in [-0.4, -0.2) is 34.9 Å². The van der Waals surface area contributed by atoms with E-state index in [0.29, 0.717) is 24.2 Å². The van der Waals surface area contributed by atoms with E-state index in [2.05, 4.69) is 4.98 Å². The molecule has 1 aromatic carbocycles. The summed E-state index contributed by atoms with van der Waals surface area (Å²) in [6.07, 6.45) is 0.812. The SMILES string of the molecule is Cl.N[C@H]1CCN(C(=O)c2cc(=O)[nH]c3ccccc23)C1. The number of likely N-dealkylation sites (tertiary alicyclic amines) is 1. The van der Waals surface area contributed by atoms with E-state index in [1.807, 2.05) is 18.2 Å². The highest BCUT2D eigenvalue weighted by molar-refractivity contribution is 6.06. The van der Waals surface area contributed by atoms with E-state index in [9.17, 15) is 9.59 Å². The van der Waals surface area contributed by atoms with Gasteiger partial charge in [0.1, 0.15) is 0 Å².